The van der Waals surface area contributed by atoms with Gasteiger partial charge < -0.3 is 0 Å². The Hall–Kier alpha value is 1.22. The van der Waals surface area contributed by atoms with Gasteiger partial charge in [-0.1, -0.05) is 0 Å². The maximum atomic E-state index is 8.60. The van der Waals surface area contributed by atoms with Gasteiger partial charge in [-0.3, -0.25) is 0 Å². The second kappa shape index (κ2) is 12.0. The topological polar surface area (TPSA) is 114 Å². The predicted octanol–water partition coefficient (Wildman–Crippen LogP) is -2.86. The van der Waals surface area contributed by atoms with Gasteiger partial charge in [-0.25, -0.2) is 0 Å². The molecule has 6 nitrogen and oxygen atoms in total. The average molecular weight is 347 g/mol. The molecule has 0 radical (unpaired) electrons. The molecule has 9 heavy (non-hydrogen) atoms. The quantitative estimate of drug-likeness (QED) is 0.436. The van der Waals surface area contributed by atoms with Crippen molar-refractivity contribution in [2.45, 2.75) is 0 Å². The maximum absolute atomic E-state index is 8.60. The minimum atomic E-state index is -4.20. The molecule has 9 heteroatoms. The van der Waals surface area contributed by atoms with E-state index in [1.807, 2.05) is 0 Å². The summed E-state index contributed by atoms with van der Waals surface area (Å²) >= 11 is -8.40. The van der Waals surface area contributed by atoms with E-state index in [-0.39, 0.29) is 19.5 Å². The number of rotatable bonds is 0. The zero-order valence-electron chi connectivity index (χ0n) is 4.05. The Morgan fingerprint density at radius 2 is 0.778 bits per heavy atom. The average Bonchev–Trinajstić information content (AvgIpc) is 1.25. The van der Waals surface area contributed by atoms with Crippen molar-refractivity contribution in [1.82, 2.24) is 0 Å². The van der Waals surface area contributed by atoms with E-state index in [9.17, 15) is 0 Å². The molecule has 0 aromatic heterocycles. The molecule has 0 atom stereocenters. The summed E-state index contributed by atoms with van der Waals surface area (Å²) in [5.41, 5.74) is 0. The zero-order chi connectivity index (χ0) is 7.15. The van der Waals surface area contributed by atoms with Gasteiger partial charge in [0.1, 0.15) is 0 Å². The van der Waals surface area contributed by atoms with Gasteiger partial charge in [0.15, 0.2) is 0 Å². The summed E-state index contributed by atoms with van der Waals surface area (Å²) in [4.78, 5) is 0. The molecule has 0 aliphatic heterocycles. The van der Waals surface area contributed by atoms with E-state index in [4.69, 9.17) is 20.2 Å². The molecular weight excluding hydrogens is 347 g/mol. The van der Waals surface area contributed by atoms with Crippen LogP contribution in [0.2, 0.25) is 0 Å². The third kappa shape index (κ3) is 321. The van der Waals surface area contributed by atoms with E-state index in [1.165, 1.54) is 0 Å². The van der Waals surface area contributed by atoms with Gasteiger partial charge in [-0.15, -0.1) is 0 Å². The summed E-state index contributed by atoms with van der Waals surface area (Å²) in [6.07, 6.45) is 0. The Labute approximate surface area is 76.6 Å². The summed E-state index contributed by atoms with van der Waals surface area (Å²) in [6.45, 7) is 0. The molecule has 0 heterocycles. The van der Waals surface area contributed by atoms with Gasteiger partial charge in [-0.05, 0) is 0 Å². The normalized spacial score (nSPS) is 5.56. The first-order chi connectivity index (χ1) is 3.46. The maximum Gasteiger partial charge on any atom is 2.00 e. The van der Waals surface area contributed by atoms with Crippen LogP contribution in [0.5, 0.6) is 0 Å². The van der Waals surface area contributed by atoms with Crippen molar-refractivity contribution in [2.75, 3.05) is 0 Å². The Morgan fingerprint density at radius 3 is 0.778 bits per heavy atom. The van der Waals surface area contributed by atoms with Gasteiger partial charge in [0.2, 0.25) is 0 Å². The van der Waals surface area contributed by atoms with Crippen LogP contribution in [0.4, 0.5) is 0 Å². The second-order valence-corrected chi connectivity index (χ2v) is 2.65. The first kappa shape index (κ1) is 16.7. The molecule has 0 aromatic carbocycles. The van der Waals surface area contributed by atoms with Crippen LogP contribution < -0.4 is 7.23 Å². The fourth-order valence-electron chi connectivity index (χ4n) is 0. The van der Waals surface area contributed by atoms with Gasteiger partial charge in [0, 0.05) is 0 Å². The van der Waals surface area contributed by atoms with Crippen molar-refractivity contribution in [1.29, 1.82) is 0 Å². The minimum absolute atomic E-state index is 0. The van der Waals surface area contributed by atoms with E-state index in [1.54, 1.807) is 0 Å². The number of hydrogen-bond acceptors (Lipinski definition) is 6. The molecule has 0 unspecified atom stereocenters. The molecule has 0 aliphatic rings. The van der Waals surface area contributed by atoms with E-state index in [0.717, 1.165) is 0 Å². The SMILES string of the molecule is [O]=[Nb](=[O])[O-].[O]=[Nb](=[O])[O-].[Zn+2]. The predicted molar refractivity (Wildman–Crippen MR) is 2.75 cm³/mol. The van der Waals surface area contributed by atoms with Crippen molar-refractivity contribution in [3.05, 3.63) is 0 Å². The first-order valence-corrected chi connectivity index (χ1v) is 6.48. The van der Waals surface area contributed by atoms with Crippen molar-refractivity contribution in [2.24, 2.45) is 0 Å². The molecule has 0 spiro atoms. The van der Waals surface area contributed by atoms with Gasteiger partial charge in [-0.2, -0.15) is 0 Å². The summed E-state index contributed by atoms with van der Waals surface area (Å²) in [7, 11) is 0. The minimum Gasteiger partial charge on any atom is 2.00 e. The van der Waals surface area contributed by atoms with Crippen LogP contribution in [0.25, 0.3) is 0 Å². The Bertz CT molecular complexity index is 128. The molecule has 0 saturated heterocycles. The molecule has 48 valence electrons. The smallest absolute Gasteiger partial charge is 2.00 e. The van der Waals surface area contributed by atoms with Crippen LogP contribution in [0.15, 0.2) is 0 Å². The van der Waals surface area contributed by atoms with Crippen LogP contribution in [-0.2, 0) is 70.0 Å². The molecule has 0 amide bonds. The summed E-state index contributed by atoms with van der Waals surface area (Å²) in [5.74, 6) is 0. The van der Waals surface area contributed by atoms with Gasteiger partial charge in [0.25, 0.3) is 0 Å². The van der Waals surface area contributed by atoms with E-state index in [2.05, 4.69) is 0 Å². The van der Waals surface area contributed by atoms with E-state index < -0.39 is 37.6 Å². The van der Waals surface area contributed by atoms with Gasteiger partial charge in [0.05, 0.1) is 0 Å². The molecule has 0 aliphatic carbocycles. The van der Waals surface area contributed by atoms with Crippen LogP contribution in [0, 0.1) is 0 Å². The Morgan fingerprint density at radius 1 is 0.778 bits per heavy atom. The van der Waals surface area contributed by atoms with E-state index in [0.29, 0.717) is 0 Å². The fraction of sp³-hybridized carbons (Fsp3) is 0. The largest absolute Gasteiger partial charge is 2.00 e. The summed E-state index contributed by atoms with van der Waals surface area (Å²) < 4.78 is 51.6. The third-order valence-corrected chi connectivity index (χ3v) is 0. The Kier molecular flexibility index (Phi) is 22.1. The van der Waals surface area contributed by atoms with Crippen LogP contribution >= 0.6 is 0 Å². The fourth-order valence-corrected chi connectivity index (χ4v) is 0. The molecular formula is Nb2O6Zn. The zero-order valence-corrected chi connectivity index (χ0v) is 11.4. The molecule has 0 saturated carbocycles. The van der Waals surface area contributed by atoms with Crippen molar-refractivity contribution >= 4 is 0 Å². The van der Waals surface area contributed by atoms with E-state index >= 15 is 0 Å². The molecule has 0 N–H and O–H groups in total. The molecule has 0 bridgehead atoms. The van der Waals surface area contributed by atoms with Crippen LogP contribution in [0.1, 0.15) is 0 Å². The van der Waals surface area contributed by atoms with Crippen LogP contribution in [0.3, 0.4) is 0 Å². The van der Waals surface area contributed by atoms with Crippen LogP contribution in [-0.4, -0.2) is 0 Å². The van der Waals surface area contributed by atoms with Crippen molar-refractivity contribution in [3.63, 3.8) is 0 Å². The summed E-state index contributed by atoms with van der Waals surface area (Å²) in [6, 6.07) is 0. The third-order valence-electron chi connectivity index (χ3n) is 0. The monoisotopic (exact) mass is 346 g/mol. The first-order valence-electron chi connectivity index (χ1n) is 1.10. The standard InChI is InChI=1S/2Nb.6O.Zn/q;;;;;;2*-1;+2. The van der Waals surface area contributed by atoms with Crippen molar-refractivity contribution < 1.29 is 77.3 Å². The molecule has 0 aromatic rings. The summed E-state index contributed by atoms with van der Waals surface area (Å²) in [5, 5.41) is 0. The van der Waals surface area contributed by atoms with Crippen molar-refractivity contribution in [3.8, 4) is 0 Å². The number of hydrogen-bond donors (Lipinski definition) is 0. The Balaban J connectivity index is -0.0000000720. The van der Waals surface area contributed by atoms with Gasteiger partial charge >= 0.3 is 77.3 Å². The molecule has 0 fully saturated rings. The molecule has 0 rings (SSSR count). The second-order valence-electron chi connectivity index (χ2n) is 0.447.